The van der Waals surface area contributed by atoms with E-state index in [1.165, 1.54) is 0 Å². The summed E-state index contributed by atoms with van der Waals surface area (Å²) in [5, 5.41) is 5.07. The molecule has 1 aromatic carbocycles. The van der Waals surface area contributed by atoms with E-state index in [1.54, 1.807) is 30.7 Å². The van der Waals surface area contributed by atoms with Crippen molar-refractivity contribution in [3.63, 3.8) is 0 Å². The summed E-state index contributed by atoms with van der Waals surface area (Å²) in [5.74, 6) is 1.49. The van der Waals surface area contributed by atoms with Gasteiger partial charge in [0, 0.05) is 30.7 Å². The lowest BCUT2D eigenvalue weighted by atomic mass is 10.0. The van der Waals surface area contributed by atoms with Crippen molar-refractivity contribution in [3.8, 4) is 11.3 Å². The second-order valence-corrected chi connectivity index (χ2v) is 8.64. The fourth-order valence-electron chi connectivity index (χ4n) is 3.89. The first-order valence-electron chi connectivity index (χ1n) is 10.0. The van der Waals surface area contributed by atoms with Crippen LogP contribution in [0.4, 0.5) is 0 Å². The van der Waals surface area contributed by atoms with Gasteiger partial charge in [-0.05, 0) is 72.4 Å². The van der Waals surface area contributed by atoms with Crippen molar-refractivity contribution in [2.45, 2.75) is 18.6 Å². The molecule has 4 heterocycles. The standard InChI is InChI=1S/C24H18Cl2N4OS/c25-17-5-4-16(13-18(17)26)20-6-7-21(31-20)23-22(19-3-1-2-10-28-19)29-24(32)30(23)14-15-8-11-27-12-9-15/h1-13,22-23H,14H2,(H,29,32). The molecular weight excluding hydrogens is 463 g/mol. The minimum Gasteiger partial charge on any atom is -0.459 e. The third-order valence-corrected chi connectivity index (χ3v) is 6.51. The topological polar surface area (TPSA) is 54.2 Å². The minimum absolute atomic E-state index is 0.154. The second kappa shape index (κ2) is 8.90. The number of aromatic nitrogens is 2. The van der Waals surface area contributed by atoms with Crippen molar-refractivity contribution in [1.29, 1.82) is 0 Å². The Morgan fingerprint density at radius 2 is 1.81 bits per heavy atom. The molecule has 0 aliphatic carbocycles. The zero-order valence-corrected chi connectivity index (χ0v) is 19.1. The van der Waals surface area contributed by atoms with Crippen LogP contribution in [0.25, 0.3) is 11.3 Å². The van der Waals surface area contributed by atoms with Crippen LogP contribution in [0.15, 0.2) is 83.7 Å². The summed E-state index contributed by atoms with van der Waals surface area (Å²) in [7, 11) is 0. The van der Waals surface area contributed by atoms with Gasteiger partial charge in [-0.1, -0.05) is 29.3 Å². The summed E-state index contributed by atoms with van der Waals surface area (Å²) >= 11 is 18.0. The molecule has 5 nitrogen and oxygen atoms in total. The van der Waals surface area contributed by atoms with Crippen LogP contribution in [0.5, 0.6) is 0 Å². The predicted octanol–water partition coefficient (Wildman–Crippen LogP) is 6.22. The maximum Gasteiger partial charge on any atom is 0.170 e. The SMILES string of the molecule is S=C1NC(c2ccccn2)C(c2ccc(-c3ccc(Cl)c(Cl)c3)o2)N1Cc1ccncc1. The van der Waals surface area contributed by atoms with E-state index >= 15 is 0 Å². The number of nitrogens with zero attached hydrogens (tertiary/aromatic N) is 3. The highest BCUT2D eigenvalue weighted by Crippen LogP contribution is 2.41. The van der Waals surface area contributed by atoms with E-state index in [-0.39, 0.29) is 12.1 Å². The molecule has 4 aromatic rings. The first-order chi connectivity index (χ1) is 15.6. The van der Waals surface area contributed by atoms with Crippen molar-refractivity contribution in [2.24, 2.45) is 0 Å². The Morgan fingerprint density at radius 1 is 0.969 bits per heavy atom. The molecule has 32 heavy (non-hydrogen) atoms. The maximum atomic E-state index is 6.33. The molecule has 0 amide bonds. The molecule has 2 atom stereocenters. The summed E-state index contributed by atoms with van der Waals surface area (Å²) < 4.78 is 6.33. The Labute approximate surface area is 201 Å². The summed E-state index contributed by atoms with van der Waals surface area (Å²) in [6.07, 6.45) is 5.34. The highest BCUT2D eigenvalue weighted by Gasteiger charge is 2.41. The highest BCUT2D eigenvalue weighted by molar-refractivity contribution is 7.80. The van der Waals surface area contributed by atoms with Gasteiger partial charge in [0.1, 0.15) is 17.6 Å². The third-order valence-electron chi connectivity index (χ3n) is 5.42. The van der Waals surface area contributed by atoms with Gasteiger partial charge in [-0.3, -0.25) is 9.97 Å². The largest absolute Gasteiger partial charge is 0.459 e. The number of rotatable bonds is 5. The van der Waals surface area contributed by atoms with Crippen LogP contribution in [0.3, 0.4) is 0 Å². The van der Waals surface area contributed by atoms with Crippen LogP contribution >= 0.6 is 35.4 Å². The fraction of sp³-hybridized carbons (Fsp3) is 0.125. The molecular formula is C24H18Cl2N4OS. The lowest BCUT2D eigenvalue weighted by Crippen LogP contribution is -2.29. The molecule has 1 saturated heterocycles. The maximum absolute atomic E-state index is 6.33. The number of nitrogens with one attached hydrogen (secondary N) is 1. The normalized spacial score (nSPS) is 18.1. The van der Waals surface area contributed by atoms with Crippen LogP contribution in [-0.4, -0.2) is 20.0 Å². The minimum atomic E-state index is -0.179. The molecule has 1 N–H and O–H groups in total. The molecule has 0 radical (unpaired) electrons. The van der Waals surface area contributed by atoms with Crippen molar-refractivity contribution in [3.05, 3.63) is 106 Å². The van der Waals surface area contributed by atoms with E-state index < -0.39 is 0 Å². The predicted molar refractivity (Wildman–Crippen MR) is 129 cm³/mol. The van der Waals surface area contributed by atoms with Gasteiger partial charge in [0.25, 0.3) is 0 Å². The zero-order chi connectivity index (χ0) is 22.1. The average molecular weight is 481 g/mol. The summed E-state index contributed by atoms with van der Waals surface area (Å²) in [5.41, 5.74) is 2.85. The van der Waals surface area contributed by atoms with E-state index in [2.05, 4.69) is 20.2 Å². The molecule has 2 unspecified atom stereocenters. The second-order valence-electron chi connectivity index (χ2n) is 7.44. The Hall–Kier alpha value is -2.93. The molecule has 3 aromatic heterocycles. The molecule has 1 aliphatic heterocycles. The smallest absolute Gasteiger partial charge is 0.170 e. The first-order valence-corrected chi connectivity index (χ1v) is 11.2. The van der Waals surface area contributed by atoms with E-state index in [4.69, 9.17) is 39.8 Å². The van der Waals surface area contributed by atoms with Crippen LogP contribution in [0.2, 0.25) is 10.0 Å². The molecule has 8 heteroatoms. The number of furan rings is 1. The van der Waals surface area contributed by atoms with Crippen molar-refractivity contribution in [2.75, 3.05) is 0 Å². The zero-order valence-electron chi connectivity index (χ0n) is 16.8. The molecule has 0 spiro atoms. The Morgan fingerprint density at radius 3 is 2.56 bits per heavy atom. The van der Waals surface area contributed by atoms with Crippen molar-refractivity contribution < 1.29 is 4.42 Å². The van der Waals surface area contributed by atoms with Gasteiger partial charge >= 0.3 is 0 Å². The molecule has 1 aliphatic rings. The van der Waals surface area contributed by atoms with Gasteiger partial charge in [0.05, 0.1) is 21.8 Å². The van der Waals surface area contributed by atoms with E-state index in [1.807, 2.05) is 48.5 Å². The van der Waals surface area contributed by atoms with Gasteiger partial charge in [0.2, 0.25) is 0 Å². The number of thiocarbonyl (C=S) groups is 1. The monoisotopic (exact) mass is 480 g/mol. The van der Waals surface area contributed by atoms with Gasteiger partial charge in [-0.15, -0.1) is 0 Å². The van der Waals surface area contributed by atoms with E-state index in [0.717, 1.165) is 22.6 Å². The Balaban J connectivity index is 1.54. The Bertz CT molecular complexity index is 1250. The average Bonchev–Trinajstić information content (AvgIpc) is 3.42. The molecule has 1 fully saturated rings. The first kappa shape index (κ1) is 20.9. The quantitative estimate of drug-likeness (QED) is 0.342. The van der Waals surface area contributed by atoms with Crippen molar-refractivity contribution >= 4 is 40.5 Å². The van der Waals surface area contributed by atoms with Crippen LogP contribution < -0.4 is 5.32 Å². The van der Waals surface area contributed by atoms with Crippen molar-refractivity contribution in [1.82, 2.24) is 20.2 Å². The molecule has 160 valence electrons. The molecule has 0 bridgehead atoms. The fourth-order valence-corrected chi connectivity index (χ4v) is 4.49. The number of benzene rings is 1. The van der Waals surface area contributed by atoms with Gasteiger partial charge in [-0.2, -0.15) is 0 Å². The number of hydrogen-bond donors (Lipinski definition) is 1. The third kappa shape index (κ3) is 4.09. The summed E-state index contributed by atoms with van der Waals surface area (Å²) in [4.78, 5) is 10.8. The molecule has 5 rings (SSSR count). The molecule has 0 saturated carbocycles. The van der Waals surface area contributed by atoms with Crippen LogP contribution in [0, 0.1) is 0 Å². The van der Waals surface area contributed by atoms with Gasteiger partial charge in [0.15, 0.2) is 5.11 Å². The van der Waals surface area contributed by atoms with E-state index in [0.29, 0.717) is 27.5 Å². The number of pyridine rings is 2. The lowest BCUT2D eigenvalue weighted by Gasteiger charge is -2.26. The van der Waals surface area contributed by atoms with E-state index in [9.17, 15) is 0 Å². The van der Waals surface area contributed by atoms with Gasteiger partial charge < -0.3 is 14.6 Å². The van der Waals surface area contributed by atoms with Gasteiger partial charge in [-0.25, -0.2) is 0 Å². The summed E-state index contributed by atoms with van der Waals surface area (Å²) in [6.45, 7) is 0.616. The highest BCUT2D eigenvalue weighted by atomic mass is 35.5. The number of halogens is 2. The lowest BCUT2D eigenvalue weighted by molar-refractivity contribution is 0.269. The Kier molecular flexibility index (Phi) is 5.83. The number of hydrogen-bond acceptors (Lipinski definition) is 4. The van der Waals surface area contributed by atoms with Crippen LogP contribution in [-0.2, 0) is 6.54 Å². The summed E-state index contributed by atoms with van der Waals surface area (Å²) in [6, 6.07) is 18.9. The van der Waals surface area contributed by atoms with Crippen LogP contribution in [0.1, 0.15) is 29.1 Å².